The van der Waals surface area contributed by atoms with Gasteiger partial charge in [0.1, 0.15) is 0 Å². The molecule has 1 aromatic heterocycles. The minimum Gasteiger partial charge on any atom is -0.419 e. The van der Waals surface area contributed by atoms with Gasteiger partial charge in [0, 0.05) is 12.1 Å². The topological polar surface area (TPSA) is 60.2 Å². The Balaban J connectivity index is 1.72. The molecule has 5 heteroatoms. The molecule has 2 aromatic rings. The summed E-state index contributed by atoms with van der Waals surface area (Å²) in [6.07, 6.45) is 0. The highest BCUT2D eigenvalue weighted by Crippen LogP contribution is 2.16. The predicted octanol–water partition coefficient (Wildman–Crippen LogP) is 2.42. The zero-order valence-corrected chi connectivity index (χ0v) is 11.6. The summed E-state index contributed by atoms with van der Waals surface area (Å²) in [5.41, 5.74) is 1.95. The molecule has 0 aliphatic rings. The van der Waals surface area contributed by atoms with E-state index >= 15 is 0 Å². The summed E-state index contributed by atoms with van der Waals surface area (Å²) in [7, 11) is 0. The van der Waals surface area contributed by atoms with Crippen molar-refractivity contribution >= 4 is 0 Å². The highest BCUT2D eigenvalue weighted by molar-refractivity contribution is 5.51. The number of benzene rings is 1. The lowest BCUT2D eigenvalue weighted by Gasteiger charge is -2.03. The van der Waals surface area contributed by atoms with E-state index in [2.05, 4.69) is 22.1 Å². The number of rotatable bonds is 8. The number of nitrogens with one attached hydrogen (secondary N) is 1. The first-order chi connectivity index (χ1) is 9.75. The molecule has 0 amide bonds. The maximum atomic E-state index is 5.57. The van der Waals surface area contributed by atoms with Crippen LogP contribution in [0.2, 0.25) is 0 Å². The van der Waals surface area contributed by atoms with Gasteiger partial charge >= 0.3 is 0 Å². The van der Waals surface area contributed by atoms with Gasteiger partial charge in [-0.15, -0.1) is 10.2 Å². The molecule has 1 N–H and O–H groups in total. The first-order valence-corrected chi connectivity index (χ1v) is 6.56. The number of ether oxygens (including phenoxy) is 1. The summed E-state index contributed by atoms with van der Waals surface area (Å²) in [4.78, 5) is 0. The lowest BCUT2D eigenvalue weighted by Crippen LogP contribution is -2.19. The van der Waals surface area contributed by atoms with Crippen molar-refractivity contribution < 1.29 is 9.15 Å². The summed E-state index contributed by atoms with van der Waals surface area (Å²) in [5, 5.41) is 11.2. The van der Waals surface area contributed by atoms with Gasteiger partial charge in [0.15, 0.2) is 0 Å². The van der Waals surface area contributed by atoms with Crippen molar-refractivity contribution in [2.24, 2.45) is 0 Å². The molecular formula is C15H19N3O2. The van der Waals surface area contributed by atoms with Gasteiger partial charge in [-0.25, -0.2) is 0 Å². The van der Waals surface area contributed by atoms with Crippen molar-refractivity contribution in [1.29, 1.82) is 0 Å². The summed E-state index contributed by atoms with van der Waals surface area (Å²) < 4.78 is 11.0. The zero-order chi connectivity index (χ0) is 14.2. The Morgan fingerprint density at radius 3 is 2.85 bits per heavy atom. The van der Waals surface area contributed by atoms with Gasteiger partial charge in [-0.1, -0.05) is 30.4 Å². The molecule has 0 fully saturated rings. The number of aromatic nitrogens is 2. The molecule has 0 saturated carbocycles. The Kier molecular flexibility index (Phi) is 5.46. The minimum atomic E-state index is 0.538. The number of hydrogen-bond acceptors (Lipinski definition) is 5. The SMILES string of the molecule is C=C(C)COCCNCc1nnc(-c2ccccc2)o1. The Morgan fingerprint density at radius 1 is 1.30 bits per heavy atom. The van der Waals surface area contributed by atoms with Crippen molar-refractivity contribution in [3.05, 3.63) is 48.4 Å². The largest absolute Gasteiger partial charge is 0.419 e. The fourth-order valence-electron chi connectivity index (χ4n) is 1.61. The van der Waals surface area contributed by atoms with E-state index in [1.165, 1.54) is 0 Å². The summed E-state index contributed by atoms with van der Waals surface area (Å²) in [5.74, 6) is 1.12. The van der Waals surface area contributed by atoms with Crippen LogP contribution in [0, 0.1) is 0 Å². The predicted molar refractivity (Wildman–Crippen MR) is 77.1 cm³/mol. The second kappa shape index (κ2) is 7.57. The fourth-order valence-corrected chi connectivity index (χ4v) is 1.61. The van der Waals surface area contributed by atoms with E-state index in [4.69, 9.17) is 9.15 Å². The first kappa shape index (κ1) is 14.4. The van der Waals surface area contributed by atoms with Crippen molar-refractivity contribution in [1.82, 2.24) is 15.5 Å². The highest BCUT2D eigenvalue weighted by Gasteiger charge is 2.07. The highest BCUT2D eigenvalue weighted by atomic mass is 16.5. The molecular weight excluding hydrogens is 254 g/mol. The summed E-state index contributed by atoms with van der Waals surface area (Å²) in [6.45, 7) is 8.21. The first-order valence-electron chi connectivity index (χ1n) is 6.56. The van der Waals surface area contributed by atoms with E-state index in [1.54, 1.807) is 0 Å². The zero-order valence-electron chi connectivity index (χ0n) is 11.6. The quantitative estimate of drug-likeness (QED) is 0.591. The van der Waals surface area contributed by atoms with Crippen LogP contribution in [-0.4, -0.2) is 30.0 Å². The number of hydrogen-bond donors (Lipinski definition) is 1. The maximum absolute atomic E-state index is 5.57. The number of nitrogens with zero attached hydrogens (tertiary/aromatic N) is 2. The van der Waals surface area contributed by atoms with E-state index in [0.717, 1.165) is 17.7 Å². The van der Waals surface area contributed by atoms with Gasteiger partial charge < -0.3 is 14.5 Å². The molecule has 0 radical (unpaired) electrons. The fraction of sp³-hybridized carbons (Fsp3) is 0.333. The van der Waals surface area contributed by atoms with E-state index in [1.807, 2.05) is 37.3 Å². The second-order valence-corrected chi connectivity index (χ2v) is 4.55. The van der Waals surface area contributed by atoms with Crippen LogP contribution >= 0.6 is 0 Å². The summed E-state index contributed by atoms with van der Waals surface area (Å²) >= 11 is 0. The van der Waals surface area contributed by atoms with Gasteiger partial charge in [-0.05, 0) is 19.1 Å². The van der Waals surface area contributed by atoms with E-state index in [0.29, 0.717) is 31.5 Å². The molecule has 0 aliphatic carbocycles. The molecule has 0 atom stereocenters. The van der Waals surface area contributed by atoms with Crippen LogP contribution in [0.25, 0.3) is 11.5 Å². The molecule has 0 spiro atoms. The van der Waals surface area contributed by atoms with Crippen molar-refractivity contribution in [2.75, 3.05) is 19.8 Å². The van der Waals surface area contributed by atoms with Crippen LogP contribution in [-0.2, 0) is 11.3 Å². The third kappa shape index (κ3) is 4.60. The Labute approximate surface area is 118 Å². The minimum absolute atomic E-state index is 0.538. The molecule has 2 rings (SSSR count). The van der Waals surface area contributed by atoms with Crippen LogP contribution in [0.5, 0.6) is 0 Å². The average molecular weight is 273 g/mol. The molecule has 1 heterocycles. The van der Waals surface area contributed by atoms with Gasteiger partial charge in [-0.2, -0.15) is 0 Å². The molecule has 0 unspecified atom stereocenters. The van der Waals surface area contributed by atoms with Crippen LogP contribution in [0.3, 0.4) is 0 Å². The summed E-state index contributed by atoms with van der Waals surface area (Å²) in [6, 6.07) is 9.71. The standard InChI is InChI=1S/C15H19N3O2/c1-12(2)11-19-9-8-16-10-14-17-18-15(20-14)13-6-4-3-5-7-13/h3-7,16H,1,8-11H2,2H3. The third-order valence-electron chi connectivity index (χ3n) is 2.54. The maximum Gasteiger partial charge on any atom is 0.247 e. The normalized spacial score (nSPS) is 10.7. The van der Waals surface area contributed by atoms with Gasteiger partial charge in [0.25, 0.3) is 0 Å². The molecule has 20 heavy (non-hydrogen) atoms. The Morgan fingerprint density at radius 2 is 2.10 bits per heavy atom. The monoisotopic (exact) mass is 273 g/mol. The third-order valence-corrected chi connectivity index (χ3v) is 2.54. The Hall–Kier alpha value is -1.98. The van der Waals surface area contributed by atoms with Crippen molar-refractivity contribution in [3.8, 4) is 11.5 Å². The lowest BCUT2D eigenvalue weighted by atomic mass is 10.2. The average Bonchev–Trinajstić information content (AvgIpc) is 2.92. The Bertz CT molecular complexity index is 537. The smallest absolute Gasteiger partial charge is 0.247 e. The molecule has 5 nitrogen and oxygen atoms in total. The van der Waals surface area contributed by atoms with Crippen molar-refractivity contribution in [2.45, 2.75) is 13.5 Å². The van der Waals surface area contributed by atoms with Gasteiger partial charge in [0.2, 0.25) is 11.8 Å². The second-order valence-electron chi connectivity index (χ2n) is 4.55. The molecule has 106 valence electrons. The van der Waals surface area contributed by atoms with Crippen LogP contribution in [0.1, 0.15) is 12.8 Å². The van der Waals surface area contributed by atoms with Crippen LogP contribution < -0.4 is 5.32 Å². The molecule has 0 bridgehead atoms. The molecule has 1 aromatic carbocycles. The molecule has 0 aliphatic heterocycles. The van der Waals surface area contributed by atoms with Crippen LogP contribution in [0.15, 0.2) is 46.9 Å². The van der Waals surface area contributed by atoms with E-state index in [-0.39, 0.29) is 0 Å². The van der Waals surface area contributed by atoms with Crippen molar-refractivity contribution in [3.63, 3.8) is 0 Å². The van der Waals surface area contributed by atoms with Gasteiger partial charge in [-0.3, -0.25) is 0 Å². The molecule has 0 saturated heterocycles. The van der Waals surface area contributed by atoms with E-state index in [9.17, 15) is 0 Å². The van der Waals surface area contributed by atoms with E-state index < -0.39 is 0 Å². The lowest BCUT2D eigenvalue weighted by molar-refractivity contribution is 0.157. The van der Waals surface area contributed by atoms with Gasteiger partial charge in [0.05, 0.1) is 19.8 Å². The van der Waals surface area contributed by atoms with Crippen LogP contribution in [0.4, 0.5) is 0 Å².